The van der Waals surface area contributed by atoms with Crippen molar-refractivity contribution in [3.05, 3.63) is 47.2 Å². The van der Waals surface area contributed by atoms with Crippen molar-refractivity contribution in [1.29, 1.82) is 0 Å². The van der Waals surface area contributed by atoms with E-state index in [1.165, 1.54) is 11.8 Å². The molecule has 6 nitrogen and oxygen atoms in total. The lowest BCUT2D eigenvalue weighted by Crippen LogP contribution is -2.48. The first-order valence-electron chi connectivity index (χ1n) is 9.12. The summed E-state index contributed by atoms with van der Waals surface area (Å²) in [4.78, 5) is 23.4. The number of halogens is 1. The van der Waals surface area contributed by atoms with Gasteiger partial charge in [-0.25, -0.2) is 9.97 Å². The Morgan fingerprint density at radius 3 is 2.70 bits per heavy atom. The van der Waals surface area contributed by atoms with Crippen molar-refractivity contribution in [3.8, 4) is 5.88 Å². The van der Waals surface area contributed by atoms with E-state index in [0.29, 0.717) is 28.6 Å². The average Bonchev–Trinajstić information content (AvgIpc) is 2.68. The molecule has 3 heterocycles. The maximum absolute atomic E-state index is 12.7. The van der Waals surface area contributed by atoms with E-state index < -0.39 is 0 Å². The van der Waals surface area contributed by atoms with Crippen LogP contribution < -0.4 is 10.1 Å². The highest BCUT2D eigenvalue weighted by Gasteiger charge is 2.31. The molecule has 0 aliphatic carbocycles. The van der Waals surface area contributed by atoms with Crippen molar-refractivity contribution in [1.82, 2.24) is 14.9 Å². The number of methoxy groups -OCH3 is 1. The van der Waals surface area contributed by atoms with Gasteiger partial charge in [-0.1, -0.05) is 24.6 Å². The first-order chi connectivity index (χ1) is 13.0. The van der Waals surface area contributed by atoms with Crippen LogP contribution in [0, 0.1) is 5.92 Å². The molecule has 144 valence electrons. The summed E-state index contributed by atoms with van der Waals surface area (Å²) in [5.41, 5.74) is 1.18. The number of nitrogens with one attached hydrogen (secondary N) is 1. The number of aromatic nitrogens is 2. The van der Waals surface area contributed by atoms with Crippen LogP contribution in [0.5, 0.6) is 5.88 Å². The minimum atomic E-state index is -0.251. The van der Waals surface area contributed by atoms with Gasteiger partial charge in [0.1, 0.15) is 5.82 Å². The Morgan fingerprint density at radius 2 is 2.07 bits per heavy atom. The minimum Gasteiger partial charge on any atom is -0.481 e. The number of carbonyl (C=O) groups is 1. The minimum absolute atomic E-state index is 0.0643. The molecule has 1 amide bonds. The summed E-state index contributed by atoms with van der Waals surface area (Å²) in [6, 6.07) is 7.12. The first-order valence-corrected chi connectivity index (χ1v) is 9.50. The fourth-order valence-corrected chi connectivity index (χ4v) is 3.66. The van der Waals surface area contributed by atoms with Crippen LogP contribution >= 0.6 is 11.6 Å². The summed E-state index contributed by atoms with van der Waals surface area (Å²) in [7, 11) is 1.61. The van der Waals surface area contributed by atoms with Gasteiger partial charge in [-0.2, -0.15) is 0 Å². The van der Waals surface area contributed by atoms with Gasteiger partial charge in [0.05, 0.1) is 18.2 Å². The second kappa shape index (κ2) is 8.67. The zero-order chi connectivity index (χ0) is 19.4. The van der Waals surface area contributed by atoms with Gasteiger partial charge in [0, 0.05) is 31.5 Å². The van der Waals surface area contributed by atoms with Crippen LogP contribution in [-0.2, 0) is 4.79 Å². The molecule has 27 heavy (non-hydrogen) atoms. The number of hydrogen-bond donors (Lipinski definition) is 1. The summed E-state index contributed by atoms with van der Waals surface area (Å²) in [6.07, 6.45) is 4.48. The molecular weight excluding hydrogens is 364 g/mol. The van der Waals surface area contributed by atoms with Crippen molar-refractivity contribution in [2.45, 2.75) is 32.2 Å². The van der Waals surface area contributed by atoms with Gasteiger partial charge in [-0.15, -0.1) is 0 Å². The largest absolute Gasteiger partial charge is 0.481 e. The van der Waals surface area contributed by atoms with Crippen molar-refractivity contribution < 1.29 is 9.53 Å². The summed E-state index contributed by atoms with van der Waals surface area (Å²) in [5, 5.41) is 3.41. The predicted molar refractivity (Wildman–Crippen MR) is 106 cm³/mol. The van der Waals surface area contributed by atoms with Crippen LogP contribution in [0.4, 0.5) is 5.82 Å². The molecule has 1 saturated heterocycles. The molecule has 0 bridgehead atoms. The smallest absolute Gasteiger partial charge is 0.242 e. The number of nitrogens with zero attached hydrogens (tertiary/aromatic N) is 3. The highest BCUT2D eigenvalue weighted by atomic mass is 35.5. The summed E-state index contributed by atoms with van der Waals surface area (Å²) in [5.74, 6) is 1.90. The highest BCUT2D eigenvalue weighted by molar-refractivity contribution is 6.30. The van der Waals surface area contributed by atoms with Crippen molar-refractivity contribution >= 4 is 23.3 Å². The van der Waals surface area contributed by atoms with Crippen LogP contribution in [0.1, 0.15) is 31.7 Å². The van der Waals surface area contributed by atoms with Gasteiger partial charge in [0.15, 0.2) is 0 Å². The van der Waals surface area contributed by atoms with E-state index in [1.54, 1.807) is 19.2 Å². The molecule has 7 heteroatoms. The molecule has 0 aromatic carbocycles. The molecule has 1 fully saturated rings. The average molecular weight is 389 g/mol. The second-order valence-corrected chi connectivity index (χ2v) is 7.59. The van der Waals surface area contributed by atoms with Crippen LogP contribution in [-0.4, -0.2) is 47.0 Å². The van der Waals surface area contributed by atoms with Crippen LogP contribution in [0.25, 0.3) is 0 Å². The second-order valence-electron chi connectivity index (χ2n) is 7.15. The first kappa shape index (κ1) is 19.6. The highest BCUT2D eigenvalue weighted by Crippen LogP contribution is 2.31. The Hall–Kier alpha value is -2.18. The molecule has 1 N–H and O–H groups in total. The quantitative estimate of drug-likeness (QED) is 0.847. The number of ether oxygens (including phenoxy) is 1. The van der Waals surface area contributed by atoms with E-state index >= 15 is 0 Å². The third-order valence-electron chi connectivity index (χ3n) is 5.03. The molecule has 1 unspecified atom stereocenters. The van der Waals surface area contributed by atoms with E-state index in [9.17, 15) is 4.79 Å². The summed E-state index contributed by atoms with van der Waals surface area (Å²) >= 11 is 5.85. The topological polar surface area (TPSA) is 67.3 Å². The zero-order valence-corrected chi connectivity index (χ0v) is 16.6. The maximum atomic E-state index is 12.7. The van der Waals surface area contributed by atoms with Gasteiger partial charge in [0.2, 0.25) is 11.8 Å². The number of carbonyl (C=O) groups excluding carboxylic acids is 1. The lowest BCUT2D eigenvalue weighted by Gasteiger charge is -2.39. The van der Waals surface area contributed by atoms with E-state index in [0.717, 1.165) is 19.5 Å². The van der Waals surface area contributed by atoms with E-state index in [-0.39, 0.29) is 11.9 Å². The summed E-state index contributed by atoms with van der Waals surface area (Å²) < 4.78 is 5.14. The molecule has 0 spiro atoms. The Kier molecular flexibility index (Phi) is 6.29. The number of amides is 1. The third kappa shape index (κ3) is 4.96. The van der Waals surface area contributed by atoms with Gasteiger partial charge in [-0.3, -0.25) is 9.69 Å². The fourth-order valence-electron chi connectivity index (χ4n) is 3.55. The van der Waals surface area contributed by atoms with Gasteiger partial charge < -0.3 is 10.1 Å². The lowest BCUT2D eigenvalue weighted by atomic mass is 9.85. The van der Waals surface area contributed by atoms with E-state index in [1.807, 2.05) is 19.2 Å². The van der Waals surface area contributed by atoms with Crippen LogP contribution in [0.2, 0.25) is 5.02 Å². The Balaban J connectivity index is 1.66. The Morgan fingerprint density at radius 1 is 1.26 bits per heavy atom. The lowest BCUT2D eigenvalue weighted by molar-refractivity contribution is -0.121. The molecule has 3 atom stereocenters. The number of piperidine rings is 1. The number of anilines is 1. The van der Waals surface area contributed by atoms with E-state index in [2.05, 4.69) is 33.2 Å². The van der Waals surface area contributed by atoms with E-state index in [4.69, 9.17) is 16.3 Å². The van der Waals surface area contributed by atoms with Crippen LogP contribution in [0.15, 0.2) is 36.7 Å². The molecule has 0 saturated carbocycles. The molecule has 0 radical (unpaired) electrons. The normalized spacial score (nSPS) is 21.5. The summed E-state index contributed by atoms with van der Waals surface area (Å²) in [6.45, 7) is 5.87. The fraction of sp³-hybridized carbons (Fsp3) is 0.450. The Labute approximate surface area is 164 Å². The third-order valence-corrected chi connectivity index (χ3v) is 5.26. The van der Waals surface area contributed by atoms with Crippen molar-refractivity contribution in [2.24, 2.45) is 5.92 Å². The maximum Gasteiger partial charge on any atom is 0.242 e. The monoisotopic (exact) mass is 388 g/mol. The number of pyridine rings is 2. The molecular formula is C20H25ClN4O2. The molecule has 2 aromatic rings. The molecule has 3 rings (SSSR count). The Bertz CT molecular complexity index is 767. The van der Waals surface area contributed by atoms with Crippen LogP contribution in [0.3, 0.4) is 0 Å². The molecule has 1 aliphatic rings. The van der Waals surface area contributed by atoms with Gasteiger partial charge >= 0.3 is 0 Å². The predicted octanol–water partition coefficient (Wildman–Crippen LogP) is 3.59. The van der Waals surface area contributed by atoms with Crippen molar-refractivity contribution in [3.63, 3.8) is 0 Å². The standard InChI is InChI=1S/C20H25ClN4O2/c1-13-8-16(15-4-7-19(27-3)23-9-15)12-25(11-13)14(2)20(26)24-18-6-5-17(21)10-22-18/h4-7,9-10,13-14,16H,8,11-12H2,1-3H3,(H,22,24,26)/t13-,14?,16-/m0/s1. The molecule has 1 aliphatic heterocycles. The van der Waals surface area contributed by atoms with Crippen molar-refractivity contribution in [2.75, 3.05) is 25.5 Å². The van der Waals surface area contributed by atoms with Gasteiger partial charge in [-0.05, 0) is 42.9 Å². The zero-order valence-electron chi connectivity index (χ0n) is 15.9. The number of likely N-dealkylation sites (tertiary alicyclic amines) is 1. The molecule has 2 aromatic heterocycles. The SMILES string of the molecule is COc1ccc([C@H]2C[C@H](C)CN(C(C)C(=O)Nc3ccc(Cl)cn3)C2)cn1. The van der Waals surface area contributed by atoms with Gasteiger partial charge in [0.25, 0.3) is 0 Å². The number of rotatable bonds is 5. The number of hydrogen-bond acceptors (Lipinski definition) is 5.